The van der Waals surface area contributed by atoms with Crippen LogP contribution in [0.15, 0.2) is 0 Å². The molecular formula is C11H17NO3. The number of likely N-dealkylation sites (tertiary alicyclic amines) is 1. The molecule has 0 aromatic heterocycles. The first-order valence-corrected chi connectivity index (χ1v) is 5.71. The van der Waals surface area contributed by atoms with E-state index in [1.54, 1.807) is 4.90 Å². The Morgan fingerprint density at radius 3 is 2.47 bits per heavy atom. The highest BCUT2D eigenvalue weighted by molar-refractivity contribution is 5.81. The molecule has 84 valence electrons. The molecule has 1 atom stereocenters. The Labute approximate surface area is 89.3 Å². The van der Waals surface area contributed by atoms with Crippen LogP contribution in [-0.2, 0) is 9.59 Å². The number of hydrogen-bond donors (Lipinski definition) is 1. The van der Waals surface area contributed by atoms with Crippen molar-refractivity contribution in [1.29, 1.82) is 0 Å². The van der Waals surface area contributed by atoms with E-state index in [4.69, 9.17) is 5.11 Å². The number of aliphatic carboxylic acids is 1. The molecular weight excluding hydrogens is 194 g/mol. The third-order valence-electron chi connectivity index (χ3n) is 3.52. The number of hydrogen-bond acceptors (Lipinski definition) is 2. The number of carboxylic acids is 1. The van der Waals surface area contributed by atoms with Crippen molar-refractivity contribution in [2.45, 2.75) is 44.6 Å². The lowest BCUT2D eigenvalue weighted by Crippen LogP contribution is -2.42. The summed E-state index contributed by atoms with van der Waals surface area (Å²) in [6.07, 6.45) is 5.05. The van der Waals surface area contributed by atoms with Gasteiger partial charge in [0.1, 0.15) is 0 Å². The molecule has 0 unspecified atom stereocenters. The second-order valence-electron chi connectivity index (χ2n) is 4.55. The first-order valence-electron chi connectivity index (χ1n) is 5.71. The van der Waals surface area contributed by atoms with Gasteiger partial charge in [0.15, 0.2) is 0 Å². The summed E-state index contributed by atoms with van der Waals surface area (Å²) >= 11 is 0. The Hall–Kier alpha value is -1.06. The molecule has 0 aromatic rings. The number of carbonyl (C=O) groups excluding carboxylic acids is 1. The van der Waals surface area contributed by atoms with Gasteiger partial charge >= 0.3 is 5.97 Å². The molecule has 4 nitrogen and oxygen atoms in total. The van der Waals surface area contributed by atoms with Crippen molar-refractivity contribution >= 4 is 11.9 Å². The maximum atomic E-state index is 12.0. The quantitative estimate of drug-likeness (QED) is 0.764. The molecule has 0 radical (unpaired) electrons. The molecule has 1 aliphatic carbocycles. The van der Waals surface area contributed by atoms with Crippen molar-refractivity contribution < 1.29 is 14.7 Å². The molecule has 4 heteroatoms. The summed E-state index contributed by atoms with van der Waals surface area (Å²) < 4.78 is 0. The molecule has 2 fully saturated rings. The van der Waals surface area contributed by atoms with Gasteiger partial charge in [0, 0.05) is 18.5 Å². The number of carbonyl (C=O) groups is 2. The van der Waals surface area contributed by atoms with Crippen molar-refractivity contribution in [3.63, 3.8) is 0 Å². The fourth-order valence-electron chi connectivity index (χ4n) is 2.43. The van der Waals surface area contributed by atoms with Crippen LogP contribution in [-0.4, -0.2) is 34.5 Å². The lowest BCUT2D eigenvalue weighted by Gasteiger charge is -2.32. The zero-order chi connectivity index (χ0) is 10.8. The molecule has 1 saturated heterocycles. The lowest BCUT2D eigenvalue weighted by molar-refractivity contribution is -0.142. The van der Waals surface area contributed by atoms with E-state index in [1.807, 2.05) is 0 Å². The van der Waals surface area contributed by atoms with E-state index in [0.29, 0.717) is 0 Å². The van der Waals surface area contributed by atoms with Gasteiger partial charge in [0.05, 0.1) is 6.42 Å². The number of amides is 1. The van der Waals surface area contributed by atoms with Crippen molar-refractivity contribution in [3.8, 4) is 0 Å². The van der Waals surface area contributed by atoms with Crippen molar-refractivity contribution in [3.05, 3.63) is 0 Å². The van der Waals surface area contributed by atoms with Gasteiger partial charge in [-0.2, -0.15) is 0 Å². The third kappa shape index (κ3) is 2.13. The zero-order valence-electron chi connectivity index (χ0n) is 8.82. The van der Waals surface area contributed by atoms with E-state index < -0.39 is 5.97 Å². The van der Waals surface area contributed by atoms with Gasteiger partial charge in [-0.05, 0) is 25.7 Å². The highest BCUT2D eigenvalue weighted by Gasteiger charge is 2.36. The molecule has 1 amide bonds. The standard InChI is InChI=1S/C11H17NO3/c13-10(14)7-9-5-2-6-12(9)11(15)8-3-1-4-8/h8-9H,1-7H2,(H,13,14)/t9-/m0/s1. The first-order chi connectivity index (χ1) is 7.18. The van der Waals surface area contributed by atoms with Gasteiger partial charge in [-0.1, -0.05) is 6.42 Å². The van der Waals surface area contributed by atoms with Gasteiger partial charge in [0.2, 0.25) is 5.91 Å². The molecule has 0 bridgehead atoms. The third-order valence-corrected chi connectivity index (χ3v) is 3.52. The van der Waals surface area contributed by atoms with Gasteiger partial charge in [-0.15, -0.1) is 0 Å². The summed E-state index contributed by atoms with van der Waals surface area (Å²) in [5.74, 6) is -0.405. The molecule has 1 aliphatic heterocycles. The van der Waals surface area contributed by atoms with E-state index in [9.17, 15) is 9.59 Å². The fourth-order valence-corrected chi connectivity index (χ4v) is 2.43. The van der Waals surface area contributed by atoms with Crippen LogP contribution in [0.25, 0.3) is 0 Å². The number of carboxylic acid groups (broad SMARTS) is 1. The second-order valence-corrected chi connectivity index (χ2v) is 4.55. The maximum absolute atomic E-state index is 12.0. The summed E-state index contributed by atoms with van der Waals surface area (Å²) in [6.45, 7) is 0.757. The molecule has 1 heterocycles. The van der Waals surface area contributed by atoms with Gasteiger partial charge in [-0.25, -0.2) is 0 Å². The SMILES string of the molecule is O=C(O)C[C@@H]1CCCN1C(=O)C1CCC1. The Bertz CT molecular complexity index is 273. The summed E-state index contributed by atoms with van der Waals surface area (Å²) in [7, 11) is 0. The van der Waals surface area contributed by atoms with Gasteiger partial charge < -0.3 is 10.0 Å². The van der Waals surface area contributed by atoms with E-state index >= 15 is 0 Å². The van der Waals surface area contributed by atoms with Crippen LogP contribution in [0.5, 0.6) is 0 Å². The summed E-state index contributed by atoms with van der Waals surface area (Å²) in [6, 6.07) is -0.0457. The minimum atomic E-state index is -0.798. The molecule has 0 spiro atoms. The van der Waals surface area contributed by atoms with Crippen molar-refractivity contribution in [1.82, 2.24) is 4.90 Å². The van der Waals surface area contributed by atoms with E-state index in [0.717, 1.165) is 38.6 Å². The highest BCUT2D eigenvalue weighted by atomic mass is 16.4. The summed E-state index contributed by atoms with van der Waals surface area (Å²) in [5.41, 5.74) is 0. The zero-order valence-corrected chi connectivity index (χ0v) is 8.82. The molecule has 1 saturated carbocycles. The summed E-state index contributed by atoms with van der Waals surface area (Å²) in [5, 5.41) is 8.75. The number of nitrogens with zero attached hydrogens (tertiary/aromatic N) is 1. The molecule has 1 N–H and O–H groups in total. The average molecular weight is 211 g/mol. The maximum Gasteiger partial charge on any atom is 0.305 e. The predicted molar refractivity (Wildman–Crippen MR) is 54.3 cm³/mol. The lowest BCUT2D eigenvalue weighted by atomic mass is 9.84. The van der Waals surface area contributed by atoms with Crippen LogP contribution in [0, 0.1) is 5.92 Å². The van der Waals surface area contributed by atoms with Gasteiger partial charge in [-0.3, -0.25) is 9.59 Å². The van der Waals surface area contributed by atoms with Crippen LogP contribution in [0.4, 0.5) is 0 Å². The fraction of sp³-hybridized carbons (Fsp3) is 0.818. The van der Waals surface area contributed by atoms with E-state index in [-0.39, 0.29) is 24.3 Å². The summed E-state index contributed by atoms with van der Waals surface area (Å²) in [4.78, 5) is 24.4. The largest absolute Gasteiger partial charge is 0.481 e. The molecule has 2 aliphatic rings. The second kappa shape index (κ2) is 4.21. The normalized spacial score (nSPS) is 26.4. The van der Waals surface area contributed by atoms with Crippen LogP contribution < -0.4 is 0 Å². The highest BCUT2D eigenvalue weighted by Crippen LogP contribution is 2.31. The number of rotatable bonds is 3. The van der Waals surface area contributed by atoms with E-state index in [1.165, 1.54) is 0 Å². The molecule has 2 rings (SSSR count). The minimum absolute atomic E-state index is 0.0457. The first kappa shape index (κ1) is 10.5. The Balaban J connectivity index is 1.94. The van der Waals surface area contributed by atoms with Crippen LogP contribution in [0.1, 0.15) is 38.5 Å². The monoisotopic (exact) mass is 211 g/mol. The molecule has 15 heavy (non-hydrogen) atoms. The Kier molecular flexibility index (Phi) is 2.93. The topological polar surface area (TPSA) is 57.6 Å². The Morgan fingerprint density at radius 2 is 1.93 bits per heavy atom. The van der Waals surface area contributed by atoms with Crippen LogP contribution in [0.2, 0.25) is 0 Å². The van der Waals surface area contributed by atoms with E-state index in [2.05, 4.69) is 0 Å². The smallest absolute Gasteiger partial charge is 0.305 e. The Morgan fingerprint density at radius 1 is 1.20 bits per heavy atom. The average Bonchev–Trinajstić information content (AvgIpc) is 2.47. The molecule has 0 aromatic carbocycles. The van der Waals surface area contributed by atoms with Gasteiger partial charge in [0.25, 0.3) is 0 Å². The van der Waals surface area contributed by atoms with Crippen molar-refractivity contribution in [2.75, 3.05) is 6.54 Å². The minimum Gasteiger partial charge on any atom is -0.481 e. The van der Waals surface area contributed by atoms with Crippen molar-refractivity contribution in [2.24, 2.45) is 5.92 Å². The van der Waals surface area contributed by atoms with Crippen LogP contribution in [0.3, 0.4) is 0 Å². The van der Waals surface area contributed by atoms with Crippen LogP contribution >= 0.6 is 0 Å². The predicted octanol–water partition coefficient (Wildman–Crippen LogP) is 1.25.